The molecule has 104 valence electrons. The van der Waals surface area contributed by atoms with Gasteiger partial charge in [0.05, 0.1) is 18.4 Å². The van der Waals surface area contributed by atoms with Gasteiger partial charge in [-0.2, -0.15) is 10.2 Å². The Kier molecular flexibility index (Phi) is 4.01. The monoisotopic (exact) mass is 283 g/mol. The van der Waals surface area contributed by atoms with E-state index in [0.717, 1.165) is 5.69 Å². The number of hydrogen-bond donors (Lipinski definition) is 1. The molecule has 0 bridgehead atoms. The Morgan fingerprint density at radius 2 is 2.05 bits per heavy atom. The second-order valence-corrected chi connectivity index (χ2v) is 5.76. The highest BCUT2D eigenvalue weighted by atomic mass is 32.2. The fourth-order valence-corrected chi connectivity index (χ4v) is 2.65. The molecule has 0 aromatic carbocycles. The van der Waals surface area contributed by atoms with Gasteiger partial charge in [-0.25, -0.2) is 13.1 Å². The molecule has 0 fully saturated rings. The quantitative estimate of drug-likeness (QED) is 0.841. The number of nitrogens with zero attached hydrogens (tertiary/aromatic N) is 4. The first-order valence-electron chi connectivity index (χ1n) is 6.09. The van der Waals surface area contributed by atoms with Crippen molar-refractivity contribution in [2.24, 2.45) is 0 Å². The lowest BCUT2D eigenvalue weighted by Gasteiger charge is -2.06. The van der Waals surface area contributed by atoms with Crippen LogP contribution in [0.5, 0.6) is 0 Å². The van der Waals surface area contributed by atoms with Crippen LogP contribution in [-0.4, -0.2) is 28.0 Å². The fraction of sp³-hybridized carbons (Fsp3) is 0.455. The van der Waals surface area contributed by atoms with Crippen molar-refractivity contribution < 1.29 is 8.42 Å². The zero-order valence-electron chi connectivity index (χ0n) is 10.9. The van der Waals surface area contributed by atoms with E-state index in [1.807, 2.05) is 13.8 Å². The summed E-state index contributed by atoms with van der Waals surface area (Å²) in [4.78, 5) is 0.178. The predicted octanol–water partition coefficient (Wildman–Crippen LogP) is 0.598. The number of aromatic nitrogens is 4. The SMILES string of the molecule is CCn1cc(S(=O)(=O)NCc2ccnn2CC)cn1. The van der Waals surface area contributed by atoms with E-state index in [1.165, 1.54) is 12.4 Å². The second-order valence-electron chi connectivity index (χ2n) is 3.99. The van der Waals surface area contributed by atoms with E-state index in [4.69, 9.17) is 0 Å². The molecule has 19 heavy (non-hydrogen) atoms. The average Bonchev–Trinajstić information content (AvgIpc) is 3.05. The molecule has 7 nitrogen and oxygen atoms in total. The third-order valence-corrected chi connectivity index (χ3v) is 4.15. The summed E-state index contributed by atoms with van der Waals surface area (Å²) < 4.78 is 30.0. The minimum Gasteiger partial charge on any atom is -0.272 e. The van der Waals surface area contributed by atoms with Crippen LogP contribution in [0.15, 0.2) is 29.6 Å². The van der Waals surface area contributed by atoms with Crippen molar-refractivity contribution in [3.63, 3.8) is 0 Å². The zero-order chi connectivity index (χ0) is 13.9. The number of sulfonamides is 1. The van der Waals surface area contributed by atoms with Gasteiger partial charge in [0.15, 0.2) is 0 Å². The van der Waals surface area contributed by atoms with Crippen LogP contribution in [0.4, 0.5) is 0 Å². The lowest BCUT2D eigenvalue weighted by Crippen LogP contribution is -2.24. The van der Waals surface area contributed by atoms with Crippen LogP contribution in [0.1, 0.15) is 19.5 Å². The summed E-state index contributed by atoms with van der Waals surface area (Å²) in [5.74, 6) is 0. The van der Waals surface area contributed by atoms with Gasteiger partial charge in [0.25, 0.3) is 0 Å². The number of hydrogen-bond acceptors (Lipinski definition) is 4. The molecule has 1 N–H and O–H groups in total. The maximum Gasteiger partial charge on any atom is 0.244 e. The van der Waals surface area contributed by atoms with Crippen molar-refractivity contribution in [3.05, 3.63) is 30.4 Å². The van der Waals surface area contributed by atoms with Gasteiger partial charge in [-0.1, -0.05) is 0 Å². The van der Waals surface area contributed by atoms with E-state index < -0.39 is 10.0 Å². The molecule has 0 aliphatic rings. The summed E-state index contributed by atoms with van der Waals surface area (Å²) in [6.07, 6.45) is 4.52. The zero-order valence-corrected chi connectivity index (χ0v) is 11.8. The molecule has 0 radical (unpaired) electrons. The average molecular weight is 283 g/mol. The number of nitrogens with one attached hydrogen (secondary N) is 1. The first-order chi connectivity index (χ1) is 9.06. The largest absolute Gasteiger partial charge is 0.272 e. The van der Waals surface area contributed by atoms with Gasteiger partial charge in [0, 0.05) is 25.5 Å². The van der Waals surface area contributed by atoms with Gasteiger partial charge in [-0.15, -0.1) is 0 Å². The minimum atomic E-state index is -3.53. The van der Waals surface area contributed by atoms with Crippen LogP contribution in [0.2, 0.25) is 0 Å². The molecule has 0 amide bonds. The van der Waals surface area contributed by atoms with Crippen LogP contribution in [0.3, 0.4) is 0 Å². The molecule has 2 heterocycles. The summed E-state index contributed by atoms with van der Waals surface area (Å²) in [5.41, 5.74) is 0.828. The molecule has 2 rings (SSSR count). The number of rotatable bonds is 6. The third-order valence-electron chi connectivity index (χ3n) is 2.79. The molecule has 2 aromatic heterocycles. The van der Waals surface area contributed by atoms with Crippen molar-refractivity contribution in [1.29, 1.82) is 0 Å². The maximum absolute atomic E-state index is 12.1. The minimum absolute atomic E-state index is 0.178. The van der Waals surface area contributed by atoms with E-state index in [-0.39, 0.29) is 11.4 Å². The molecule has 0 aliphatic carbocycles. The topological polar surface area (TPSA) is 81.8 Å². The highest BCUT2D eigenvalue weighted by Crippen LogP contribution is 2.08. The molecule has 0 saturated heterocycles. The lowest BCUT2D eigenvalue weighted by molar-refractivity contribution is 0.570. The van der Waals surface area contributed by atoms with Gasteiger partial charge in [0.2, 0.25) is 10.0 Å². The fourth-order valence-electron chi connectivity index (χ4n) is 1.70. The third kappa shape index (κ3) is 3.02. The van der Waals surface area contributed by atoms with Crippen LogP contribution < -0.4 is 4.72 Å². The van der Waals surface area contributed by atoms with Crippen molar-refractivity contribution in [1.82, 2.24) is 24.3 Å². The summed E-state index contributed by atoms with van der Waals surface area (Å²) >= 11 is 0. The summed E-state index contributed by atoms with van der Waals surface area (Å²) in [6, 6.07) is 1.79. The Labute approximate surface area is 112 Å². The van der Waals surface area contributed by atoms with E-state index in [9.17, 15) is 8.42 Å². The van der Waals surface area contributed by atoms with Crippen molar-refractivity contribution in [3.8, 4) is 0 Å². The molecule has 0 atom stereocenters. The summed E-state index contributed by atoms with van der Waals surface area (Å²) in [7, 11) is -3.53. The first-order valence-corrected chi connectivity index (χ1v) is 7.58. The van der Waals surface area contributed by atoms with Crippen LogP contribution >= 0.6 is 0 Å². The van der Waals surface area contributed by atoms with Gasteiger partial charge >= 0.3 is 0 Å². The number of aryl methyl sites for hydroxylation is 2. The summed E-state index contributed by atoms with van der Waals surface area (Å²) in [6.45, 7) is 5.41. The standard InChI is InChI=1S/C11H17N5O2S/c1-3-15-9-11(8-13-15)19(17,18)14-7-10-5-6-12-16(10)4-2/h5-6,8-9,14H,3-4,7H2,1-2H3. The van der Waals surface area contributed by atoms with Crippen LogP contribution in [-0.2, 0) is 29.7 Å². The summed E-state index contributed by atoms with van der Waals surface area (Å²) in [5, 5.41) is 8.05. The Hall–Kier alpha value is -1.67. The first kappa shape index (κ1) is 13.8. The Bertz CT molecular complexity index is 644. The van der Waals surface area contributed by atoms with Gasteiger partial charge in [-0.05, 0) is 19.9 Å². The smallest absolute Gasteiger partial charge is 0.244 e. The molecule has 8 heteroatoms. The van der Waals surface area contributed by atoms with Crippen molar-refractivity contribution in [2.75, 3.05) is 0 Å². The molecular formula is C11H17N5O2S. The molecule has 2 aromatic rings. The highest BCUT2D eigenvalue weighted by Gasteiger charge is 2.16. The second kappa shape index (κ2) is 5.54. The Morgan fingerprint density at radius 1 is 1.26 bits per heavy atom. The molecule has 0 unspecified atom stereocenters. The maximum atomic E-state index is 12.1. The van der Waals surface area contributed by atoms with E-state index in [0.29, 0.717) is 13.1 Å². The molecule has 0 aliphatic heterocycles. The highest BCUT2D eigenvalue weighted by molar-refractivity contribution is 7.89. The van der Waals surface area contributed by atoms with Gasteiger partial charge < -0.3 is 0 Å². The molecular weight excluding hydrogens is 266 g/mol. The van der Waals surface area contributed by atoms with E-state index in [1.54, 1.807) is 21.6 Å². The lowest BCUT2D eigenvalue weighted by atomic mass is 10.4. The predicted molar refractivity (Wildman–Crippen MR) is 69.8 cm³/mol. The van der Waals surface area contributed by atoms with Crippen molar-refractivity contribution in [2.45, 2.75) is 38.4 Å². The van der Waals surface area contributed by atoms with Crippen molar-refractivity contribution >= 4 is 10.0 Å². The van der Waals surface area contributed by atoms with Gasteiger partial charge in [-0.3, -0.25) is 9.36 Å². The van der Waals surface area contributed by atoms with Crippen LogP contribution in [0.25, 0.3) is 0 Å². The molecule has 0 saturated carbocycles. The van der Waals surface area contributed by atoms with E-state index >= 15 is 0 Å². The molecule has 0 spiro atoms. The van der Waals surface area contributed by atoms with E-state index in [2.05, 4.69) is 14.9 Å². The van der Waals surface area contributed by atoms with Gasteiger partial charge in [0.1, 0.15) is 4.90 Å². The normalized spacial score (nSPS) is 11.9. The Morgan fingerprint density at radius 3 is 2.68 bits per heavy atom. The Balaban J connectivity index is 2.09. The van der Waals surface area contributed by atoms with Crippen LogP contribution in [0, 0.1) is 0 Å².